The van der Waals surface area contributed by atoms with Gasteiger partial charge in [0.25, 0.3) is 5.91 Å². The minimum Gasteiger partial charge on any atom is -0.351 e. The molecule has 0 spiro atoms. The lowest BCUT2D eigenvalue weighted by molar-refractivity contribution is 0.0947. The molecule has 1 aromatic heterocycles. The van der Waals surface area contributed by atoms with E-state index < -0.39 is 15.6 Å². The SMILES string of the molecule is CC(C)CN(CCNC(=O)c1cc(=O)[nH]c2ccc(S(=O)(=O)N3CCCCC3C)cc12)CC(C)C. The zero-order valence-corrected chi connectivity index (χ0v) is 22.5. The molecule has 1 amide bonds. The lowest BCUT2D eigenvalue weighted by Gasteiger charge is -2.32. The van der Waals surface area contributed by atoms with Gasteiger partial charge in [-0.15, -0.1) is 0 Å². The number of carbonyl (C=O) groups is 1. The highest BCUT2D eigenvalue weighted by Crippen LogP contribution is 2.27. The molecule has 1 aromatic carbocycles. The second-order valence-electron chi connectivity index (χ2n) is 10.5. The molecule has 1 atom stereocenters. The van der Waals surface area contributed by atoms with E-state index >= 15 is 0 Å². The van der Waals surface area contributed by atoms with Gasteiger partial charge in [0.1, 0.15) is 0 Å². The monoisotopic (exact) mass is 504 g/mol. The average molecular weight is 505 g/mol. The maximum atomic E-state index is 13.4. The molecule has 2 aromatic rings. The van der Waals surface area contributed by atoms with Gasteiger partial charge in [-0.1, -0.05) is 34.1 Å². The summed E-state index contributed by atoms with van der Waals surface area (Å²) >= 11 is 0. The van der Waals surface area contributed by atoms with Crippen LogP contribution in [0.5, 0.6) is 0 Å². The van der Waals surface area contributed by atoms with Crippen LogP contribution in [0.2, 0.25) is 0 Å². The number of aromatic amines is 1. The number of benzene rings is 1. The molecule has 3 rings (SSSR count). The number of nitrogens with zero attached hydrogens (tertiary/aromatic N) is 2. The Morgan fingerprint density at radius 1 is 1.14 bits per heavy atom. The molecule has 1 aliphatic rings. The summed E-state index contributed by atoms with van der Waals surface area (Å²) in [5, 5.41) is 3.36. The van der Waals surface area contributed by atoms with Crippen molar-refractivity contribution in [2.45, 2.75) is 64.8 Å². The number of fused-ring (bicyclic) bond motifs is 1. The van der Waals surface area contributed by atoms with Gasteiger partial charge in [0.2, 0.25) is 15.6 Å². The van der Waals surface area contributed by atoms with Crippen LogP contribution in [-0.2, 0) is 10.0 Å². The third kappa shape index (κ3) is 6.92. The van der Waals surface area contributed by atoms with Gasteiger partial charge in [0.05, 0.1) is 10.5 Å². The van der Waals surface area contributed by atoms with E-state index in [4.69, 9.17) is 0 Å². The first kappa shape index (κ1) is 27.4. The first-order chi connectivity index (χ1) is 16.5. The molecule has 9 heteroatoms. The van der Waals surface area contributed by atoms with Crippen molar-refractivity contribution in [2.24, 2.45) is 11.8 Å². The molecule has 0 saturated carbocycles. The van der Waals surface area contributed by atoms with E-state index in [-0.39, 0.29) is 22.4 Å². The molecular formula is C26H40N4O4S. The summed E-state index contributed by atoms with van der Waals surface area (Å²) < 4.78 is 28.3. The van der Waals surface area contributed by atoms with E-state index in [0.29, 0.717) is 42.4 Å². The van der Waals surface area contributed by atoms with Crippen molar-refractivity contribution in [1.29, 1.82) is 0 Å². The highest BCUT2D eigenvalue weighted by atomic mass is 32.2. The number of carbonyl (C=O) groups excluding carboxylic acids is 1. The summed E-state index contributed by atoms with van der Waals surface area (Å²) in [5.41, 5.74) is 0.227. The lowest BCUT2D eigenvalue weighted by Crippen LogP contribution is -2.41. The van der Waals surface area contributed by atoms with Crippen molar-refractivity contribution >= 4 is 26.8 Å². The number of rotatable bonds is 10. The van der Waals surface area contributed by atoms with E-state index in [1.165, 1.54) is 18.2 Å². The molecule has 194 valence electrons. The van der Waals surface area contributed by atoms with E-state index in [1.54, 1.807) is 10.4 Å². The van der Waals surface area contributed by atoms with Crippen LogP contribution in [0.3, 0.4) is 0 Å². The first-order valence-corrected chi connectivity index (χ1v) is 14.1. The van der Waals surface area contributed by atoms with Gasteiger partial charge in [0.15, 0.2) is 0 Å². The van der Waals surface area contributed by atoms with Gasteiger partial charge in [-0.05, 0) is 49.8 Å². The van der Waals surface area contributed by atoms with Crippen LogP contribution in [0.4, 0.5) is 0 Å². The van der Waals surface area contributed by atoms with Crippen LogP contribution in [0.1, 0.15) is 64.2 Å². The zero-order chi connectivity index (χ0) is 25.8. The Hall–Kier alpha value is -2.23. The van der Waals surface area contributed by atoms with Crippen molar-refractivity contribution in [1.82, 2.24) is 19.5 Å². The van der Waals surface area contributed by atoms with Gasteiger partial charge >= 0.3 is 0 Å². The molecule has 2 N–H and O–H groups in total. The summed E-state index contributed by atoms with van der Waals surface area (Å²) in [6.07, 6.45) is 2.68. The van der Waals surface area contributed by atoms with Crippen molar-refractivity contribution in [3.63, 3.8) is 0 Å². The van der Waals surface area contributed by atoms with E-state index in [0.717, 1.165) is 32.4 Å². The molecule has 0 aliphatic carbocycles. The van der Waals surface area contributed by atoms with Gasteiger partial charge in [-0.2, -0.15) is 4.31 Å². The fourth-order valence-corrected chi connectivity index (χ4v) is 6.58. The largest absolute Gasteiger partial charge is 0.351 e. The highest BCUT2D eigenvalue weighted by Gasteiger charge is 2.31. The standard InChI is InChI=1S/C26H40N4O4S/c1-18(2)16-29(17-19(3)4)13-11-27-26(32)23-15-25(31)28-24-10-9-21(14-22(23)24)35(33,34)30-12-7-6-8-20(30)5/h9-10,14-15,18-20H,6-8,11-13,16-17H2,1-5H3,(H,27,32)(H,28,31). The number of hydrogen-bond donors (Lipinski definition) is 2. The average Bonchev–Trinajstić information content (AvgIpc) is 2.77. The van der Waals surface area contributed by atoms with Crippen LogP contribution in [0.15, 0.2) is 34.0 Å². The summed E-state index contributed by atoms with van der Waals surface area (Å²) in [6.45, 7) is 14.1. The van der Waals surface area contributed by atoms with Gasteiger partial charge < -0.3 is 15.2 Å². The van der Waals surface area contributed by atoms with Crippen molar-refractivity contribution < 1.29 is 13.2 Å². The topological polar surface area (TPSA) is 103 Å². The Morgan fingerprint density at radius 2 is 1.83 bits per heavy atom. The number of sulfonamides is 1. The number of nitrogens with one attached hydrogen (secondary N) is 2. The Labute approximate surface area is 209 Å². The molecule has 35 heavy (non-hydrogen) atoms. The number of pyridine rings is 1. The predicted molar refractivity (Wildman–Crippen MR) is 140 cm³/mol. The lowest BCUT2D eigenvalue weighted by atomic mass is 10.1. The van der Waals surface area contributed by atoms with E-state index in [1.807, 2.05) is 6.92 Å². The van der Waals surface area contributed by atoms with Crippen LogP contribution in [0, 0.1) is 11.8 Å². The zero-order valence-electron chi connectivity index (χ0n) is 21.6. The number of hydrogen-bond acceptors (Lipinski definition) is 5. The van der Waals surface area contributed by atoms with Crippen molar-refractivity contribution in [3.05, 3.63) is 40.2 Å². The second kappa shape index (κ2) is 11.7. The second-order valence-corrected chi connectivity index (χ2v) is 12.4. The maximum Gasteiger partial charge on any atom is 0.252 e. The van der Waals surface area contributed by atoms with E-state index in [2.05, 4.69) is 42.9 Å². The Balaban J connectivity index is 1.85. The normalized spacial score (nSPS) is 17.5. The van der Waals surface area contributed by atoms with Crippen LogP contribution < -0.4 is 10.9 Å². The third-order valence-electron chi connectivity index (χ3n) is 6.37. The summed E-state index contributed by atoms with van der Waals surface area (Å²) in [4.78, 5) is 30.5. The molecule has 8 nitrogen and oxygen atoms in total. The number of piperidine rings is 1. The Bertz CT molecular complexity index is 1180. The first-order valence-electron chi connectivity index (χ1n) is 12.7. The van der Waals surface area contributed by atoms with Crippen LogP contribution >= 0.6 is 0 Å². The van der Waals surface area contributed by atoms with Gasteiger partial charge in [0, 0.05) is 55.7 Å². The molecule has 0 radical (unpaired) electrons. The molecule has 1 fully saturated rings. The summed E-state index contributed by atoms with van der Waals surface area (Å²) in [5.74, 6) is 0.657. The molecule has 1 unspecified atom stereocenters. The van der Waals surface area contributed by atoms with Gasteiger partial charge in [-0.3, -0.25) is 9.59 Å². The van der Waals surface area contributed by atoms with Crippen LogP contribution in [-0.4, -0.2) is 67.3 Å². The fraction of sp³-hybridized carbons (Fsp3) is 0.615. The van der Waals surface area contributed by atoms with Gasteiger partial charge in [-0.25, -0.2) is 8.42 Å². The predicted octanol–water partition coefficient (Wildman–Crippen LogP) is 3.44. The summed E-state index contributed by atoms with van der Waals surface area (Å²) in [6, 6.07) is 5.77. The van der Waals surface area contributed by atoms with Crippen molar-refractivity contribution in [2.75, 3.05) is 32.7 Å². The quantitative estimate of drug-likeness (QED) is 0.516. The van der Waals surface area contributed by atoms with E-state index in [9.17, 15) is 18.0 Å². The molecule has 1 saturated heterocycles. The molecular weight excluding hydrogens is 464 g/mol. The third-order valence-corrected chi connectivity index (χ3v) is 8.38. The Kier molecular flexibility index (Phi) is 9.12. The smallest absolute Gasteiger partial charge is 0.252 e. The molecule has 0 bridgehead atoms. The minimum absolute atomic E-state index is 0.0672. The Morgan fingerprint density at radius 3 is 2.46 bits per heavy atom. The molecule has 2 heterocycles. The maximum absolute atomic E-state index is 13.4. The highest BCUT2D eigenvalue weighted by molar-refractivity contribution is 7.89. The fourth-order valence-electron chi connectivity index (χ4n) is 4.86. The van der Waals surface area contributed by atoms with Crippen molar-refractivity contribution in [3.8, 4) is 0 Å². The molecule has 1 aliphatic heterocycles. The minimum atomic E-state index is -3.70. The van der Waals surface area contributed by atoms with Crippen LogP contribution in [0.25, 0.3) is 10.9 Å². The number of aromatic nitrogens is 1. The summed E-state index contributed by atoms with van der Waals surface area (Å²) in [7, 11) is -3.70. The number of H-pyrrole nitrogens is 1. The number of amides is 1.